The molecule has 1 aliphatic heterocycles. The molecular weight excluding hydrogens is 804 g/mol. The van der Waals surface area contributed by atoms with Gasteiger partial charge in [0.25, 0.3) is 0 Å². The summed E-state index contributed by atoms with van der Waals surface area (Å²) in [5.41, 5.74) is 3.43. The van der Waals surface area contributed by atoms with Crippen molar-refractivity contribution in [3.8, 4) is 22.9 Å². The summed E-state index contributed by atoms with van der Waals surface area (Å²) in [6.07, 6.45) is 5.79. The van der Waals surface area contributed by atoms with Crippen LogP contribution in [0.4, 0.5) is 4.39 Å². The Bertz CT molecular complexity index is 1880. The number of fused-ring (bicyclic) bond motifs is 1. The van der Waals surface area contributed by atoms with E-state index in [2.05, 4.69) is 91.6 Å². The Morgan fingerprint density at radius 2 is 1.85 bits per heavy atom. The van der Waals surface area contributed by atoms with E-state index in [-0.39, 0.29) is 35.4 Å². The van der Waals surface area contributed by atoms with Crippen LogP contribution in [0.25, 0.3) is 28.1 Å². The number of ether oxygens (including phenoxy) is 3. The van der Waals surface area contributed by atoms with Crippen LogP contribution >= 0.6 is 22.6 Å². The SMILES string of the molecule is C=Cc1nn(C2CCCCO2)c2cc(F)c(-c3cnn(C)c3OC(C)CN(CC)Cc3c(I)c(OC(C)C)nn3CC(C)O[Si](C)(C)C(C)(C)C)cc12. The van der Waals surface area contributed by atoms with Crippen LogP contribution in [0, 0.1) is 9.39 Å². The fourth-order valence-corrected chi connectivity index (χ4v) is 8.66. The molecule has 0 spiro atoms. The molecule has 4 aromatic rings. The maximum absolute atomic E-state index is 16.1. The number of hydrogen-bond acceptors (Lipinski definition) is 8. The van der Waals surface area contributed by atoms with E-state index in [4.69, 9.17) is 28.8 Å². The second-order valence-corrected chi connectivity index (χ2v) is 21.9. The molecule has 0 aliphatic carbocycles. The summed E-state index contributed by atoms with van der Waals surface area (Å²) in [5, 5.41) is 15.1. The van der Waals surface area contributed by atoms with Gasteiger partial charge in [-0.1, -0.05) is 34.3 Å². The molecule has 5 rings (SSSR count). The molecule has 3 atom stereocenters. The summed E-state index contributed by atoms with van der Waals surface area (Å²) in [4.78, 5) is 2.33. The molecular formula is C39H59FIN7O4Si. The fraction of sp³-hybridized carbons (Fsp3) is 0.615. The van der Waals surface area contributed by atoms with E-state index in [9.17, 15) is 0 Å². The first-order valence-electron chi connectivity index (χ1n) is 18.9. The zero-order valence-electron chi connectivity index (χ0n) is 33.5. The van der Waals surface area contributed by atoms with E-state index >= 15 is 4.39 Å². The summed E-state index contributed by atoms with van der Waals surface area (Å²) >= 11 is 2.36. The summed E-state index contributed by atoms with van der Waals surface area (Å²) in [6, 6.07) is 3.37. The summed E-state index contributed by atoms with van der Waals surface area (Å²) < 4.78 is 48.1. The third kappa shape index (κ3) is 9.37. The molecule has 0 saturated carbocycles. The third-order valence-corrected chi connectivity index (χ3v) is 16.0. The van der Waals surface area contributed by atoms with Crippen LogP contribution < -0.4 is 9.47 Å². The van der Waals surface area contributed by atoms with Gasteiger partial charge in [0.1, 0.15) is 11.9 Å². The van der Waals surface area contributed by atoms with Gasteiger partial charge in [-0.3, -0.25) is 9.58 Å². The molecule has 0 amide bonds. The first kappa shape index (κ1) is 41.4. The minimum Gasteiger partial charge on any atom is -0.473 e. The van der Waals surface area contributed by atoms with Crippen molar-refractivity contribution in [1.82, 2.24) is 34.2 Å². The molecule has 3 unspecified atom stereocenters. The average molecular weight is 864 g/mol. The summed E-state index contributed by atoms with van der Waals surface area (Å²) in [6.45, 7) is 29.0. The predicted octanol–water partition coefficient (Wildman–Crippen LogP) is 9.21. The lowest BCUT2D eigenvalue weighted by atomic mass is 10.0. The minimum atomic E-state index is -1.97. The van der Waals surface area contributed by atoms with Crippen LogP contribution in [-0.2, 0) is 29.3 Å². The molecule has 3 aromatic heterocycles. The standard InChI is InChI=1S/C39H59FIN7O4Si/c1-13-32-29-19-28(31(40)20-33(29)48(43-32)35-17-15-16-18-49-35)30-21-42-45(10)38(30)51-26(5)22-46(14-2)24-34-36(41)37(50-25(3)4)44-47(34)23-27(6)52-53(11,12)39(7,8)9/h13,19-21,25-27,35H,1,14-18,22-24H2,2-12H3. The lowest BCUT2D eigenvalue weighted by Gasteiger charge is -2.38. The fourth-order valence-electron chi connectivity index (χ4n) is 6.55. The van der Waals surface area contributed by atoms with Crippen molar-refractivity contribution in [3.63, 3.8) is 0 Å². The smallest absolute Gasteiger partial charge is 0.246 e. The zero-order valence-corrected chi connectivity index (χ0v) is 36.7. The highest BCUT2D eigenvalue weighted by molar-refractivity contribution is 14.1. The molecule has 0 bridgehead atoms. The monoisotopic (exact) mass is 863 g/mol. The average Bonchev–Trinajstić information content (AvgIpc) is 3.71. The van der Waals surface area contributed by atoms with Crippen LogP contribution in [0.15, 0.2) is 24.9 Å². The second-order valence-electron chi connectivity index (χ2n) is 16.1. The quantitative estimate of drug-likeness (QED) is 0.0814. The van der Waals surface area contributed by atoms with Crippen LogP contribution in [0.2, 0.25) is 18.1 Å². The van der Waals surface area contributed by atoms with Gasteiger partial charge in [0.05, 0.1) is 51.0 Å². The lowest BCUT2D eigenvalue weighted by Crippen LogP contribution is -2.44. The topological polar surface area (TPSA) is 93.6 Å². The van der Waals surface area contributed by atoms with Crippen LogP contribution in [-0.4, -0.2) is 80.6 Å². The van der Waals surface area contributed by atoms with Gasteiger partial charge >= 0.3 is 0 Å². The number of rotatable bonds is 16. The van der Waals surface area contributed by atoms with Crippen molar-refractivity contribution in [1.29, 1.82) is 0 Å². The highest BCUT2D eigenvalue weighted by atomic mass is 127. The van der Waals surface area contributed by atoms with Crippen LogP contribution in [0.1, 0.15) is 92.3 Å². The number of benzene rings is 1. The van der Waals surface area contributed by atoms with Crippen molar-refractivity contribution < 1.29 is 23.0 Å². The van der Waals surface area contributed by atoms with Gasteiger partial charge in [0.15, 0.2) is 14.5 Å². The zero-order chi connectivity index (χ0) is 38.8. The van der Waals surface area contributed by atoms with Gasteiger partial charge < -0.3 is 18.6 Å². The third-order valence-electron chi connectivity index (χ3n) is 10.3. The highest BCUT2D eigenvalue weighted by Gasteiger charge is 2.39. The largest absolute Gasteiger partial charge is 0.473 e. The minimum absolute atomic E-state index is 0.000378. The Morgan fingerprint density at radius 3 is 2.47 bits per heavy atom. The number of aromatic nitrogens is 6. The number of halogens is 2. The van der Waals surface area contributed by atoms with Crippen LogP contribution in [0.3, 0.4) is 0 Å². The molecule has 14 heteroatoms. The molecule has 0 radical (unpaired) electrons. The molecule has 0 N–H and O–H groups in total. The molecule has 1 aliphatic rings. The van der Waals surface area contributed by atoms with Crippen molar-refractivity contribution in [3.05, 3.63) is 45.7 Å². The summed E-state index contributed by atoms with van der Waals surface area (Å²) in [5.74, 6) is 0.768. The Hall–Kier alpha value is -2.79. The Balaban J connectivity index is 1.37. The maximum Gasteiger partial charge on any atom is 0.246 e. The second kappa shape index (κ2) is 16.9. The van der Waals surface area contributed by atoms with Crippen molar-refractivity contribution >= 4 is 47.9 Å². The molecule has 4 heterocycles. The van der Waals surface area contributed by atoms with E-state index in [0.29, 0.717) is 60.3 Å². The van der Waals surface area contributed by atoms with Crippen molar-refractivity contribution in [2.45, 2.75) is 130 Å². The van der Waals surface area contributed by atoms with E-state index in [1.54, 1.807) is 27.7 Å². The van der Waals surface area contributed by atoms with E-state index in [1.807, 2.05) is 33.9 Å². The van der Waals surface area contributed by atoms with Gasteiger partial charge in [-0.25, -0.2) is 13.8 Å². The molecule has 292 valence electrons. The van der Waals surface area contributed by atoms with Gasteiger partial charge in [0.2, 0.25) is 11.8 Å². The number of hydrogen-bond donors (Lipinski definition) is 0. The Morgan fingerprint density at radius 1 is 1.11 bits per heavy atom. The molecule has 53 heavy (non-hydrogen) atoms. The number of likely N-dealkylation sites (N-methyl/N-ethyl adjacent to an activating group) is 1. The van der Waals surface area contributed by atoms with Gasteiger partial charge in [-0.2, -0.15) is 10.2 Å². The normalized spacial score (nSPS) is 16.8. The molecule has 1 saturated heterocycles. The molecule has 1 aromatic carbocycles. The number of nitrogens with zero attached hydrogens (tertiary/aromatic N) is 7. The van der Waals surface area contributed by atoms with Gasteiger partial charge in [-0.15, -0.1) is 5.10 Å². The van der Waals surface area contributed by atoms with Gasteiger partial charge in [-0.05, 0) is 106 Å². The highest BCUT2D eigenvalue weighted by Crippen LogP contribution is 2.39. The van der Waals surface area contributed by atoms with Crippen molar-refractivity contribution in [2.75, 3.05) is 19.7 Å². The maximum atomic E-state index is 16.1. The first-order valence-corrected chi connectivity index (χ1v) is 22.9. The summed E-state index contributed by atoms with van der Waals surface area (Å²) in [7, 11) is -0.155. The van der Waals surface area contributed by atoms with Gasteiger partial charge in [0, 0.05) is 43.8 Å². The first-order chi connectivity index (χ1) is 24.9. The van der Waals surface area contributed by atoms with E-state index in [0.717, 1.165) is 40.5 Å². The predicted molar refractivity (Wildman–Crippen MR) is 220 cm³/mol. The molecule has 1 fully saturated rings. The molecule has 11 nitrogen and oxygen atoms in total. The lowest BCUT2D eigenvalue weighted by molar-refractivity contribution is -0.0367. The van der Waals surface area contributed by atoms with Crippen molar-refractivity contribution in [2.24, 2.45) is 7.05 Å². The van der Waals surface area contributed by atoms with E-state index < -0.39 is 8.32 Å². The Kier molecular flexibility index (Phi) is 13.2. The van der Waals surface area contributed by atoms with Crippen LogP contribution in [0.5, 0.6) is 11.8 Å². The Labute approximate surface area is 329 Å². The van der Waals surface area contributed by atoms with E-state index in [1.165, 1.54) is 0 Å². The number of aryl methyl sites for hydroxylation is 1.